The summed E-state index contributed by atoms with van der Waals surface area (Å²) in [4.78, 5) is 4.44. The maximum absolute atomic E-state index is 6.14. The average Bonchev–Trinajstić information content (AvgIpc) is 2.35. The molecule has 0 amide bonds. The Labute approximate surface area is 107 Å². The number of aryl methyl sites for hydroxylation is 1. The zero-order valence-corrected chi connectivity index (χ0v) is 10.9. The number of hydrogen-bond donors (Lipinski definition) is 0. The Kier molecular flexibility index (Phi) is 3.85. The molecule has 0 radical (unpaired) electrons. The molecular weight excluding hydrogens is 234 g/mol. The number of rotatable bonds is 4. The van der Waals surface area contributed by atoms with Crippen LogP contribution in [-0.4, -0.2) is 11.6 Å². The second-order valence-electron chi connectivity index (χ2n) is 3.97. The molecule has 0 aliphatic heterocycles. The van der Waals surface area contributed by atoms with Crippen LogP contribution in [0.1, 0.15) is 25.8 Å². The van der Waals surface area contributed by atoms with Gasteiger partial charge in [0.25, 0.3) is 0 Å². The highest BCUT2D eigenvalue weighted by molar-refractivity contribution is 6.30. The summed E-state index contributed by atoms with van der Waals surface area (Å²) in [6, 6.07) is 8.05. The van der Waals surface area contributed by atoms with Crippen LogP contribution in [0.15, 0.2) is 24.3 Å². The van der Waals surface area contributed by atoms with Gasteiger partial charge in [0, 0.05) is 5.39 Å². The Balaban J connectivity index is 2.52. The summed E-state index contributed by atoms with van der Waals surface area (Å²) in [6.07, 6.45) is 1.87. The number of nitrogens with zero attached hydrogens (tertiary/aromatic N) is 1. The molecule has 2 aromatic rings. The minimum absolute atomic E-state index is 0.576. The highest BCUT2D eigenvalue weighted by atomic mass is 35.5. The monoisotopic (exact) mass is 249 g/mol. The van der Waals surface area contributed by atoms with Crippen molar-refractivity contribution in [3.05, 3.63) is 35.0 Å². The molecule has 0 atom stereocenters. The molecule has 3 heteroatoms. The van der Waals surface area contributed by atoms with Crippen LogP contribution < -0.4 is 4.74 Å². The van der Waals surface area contributed by atoms with Crippen LogP contribution in [0.25, 0.3) is 10.9 Å². The van der Waals surface area contributed by atoms with E-state index in [0.717, 1.165) is 35.1 Å². The molecule has 0 N–H and O–H groups in total. The van der Waals surface area contributed by atoms with Gasteiger partial charge in [0.2, 0.25) is 0 Å². The molecule has 0 fully saturated rings. The second-order valence-corrected chi connectivity index (χ2v) is 4.33. The number of benzene rings is 1. The number of hydrogen-bond acceptors (Lipinski definition) is 2. The zero-order chi connectivity index (χ0) is 12.3. The Morgan fingerprint density at radius 3 is 2.82 bits per heavy atom. The third kappa shape index (κ3) is 2.52. The van der Waals surface area contributed by atoms with Crippen LogP contribution >= 0.6 is 11.6 Å². The Morgan fingerprint density at radius 2 is 2.12 bits per heavy atom. The third-order valence-corrected chi connectivity index (χ3v) is 3.00. The fourth-order valence-corrected chi connectivity index (χ4v) is 2.04. The number of ether oxygens (including phenoxy) is 1. The van der Waals surface area contributed by atoms with Crippen molar-refractivity contribution < 1.29 is 4.74 Å². The standard InChI is InChI=1S/C14H16ClNO/c1-3-8-17-12-7-5-6-11-9-10(4-2)14(15)16-13(11)12/h5-7,9H,3-4,8H2,1-2H3. The van der Waals surface area contributed by atoms with Crippen molar-refractivity contribution in [3.63, 3.8) is 0 Å². The SMILES string of the molecule is CCCOc1cccc2cc(CC)c(Cl)nc12. The van der Waals surface area contributed by atoms with Gasteiger partial charge in [0.1, 0.15) is 16.4 Å². The Bertz CT molecular complexity index is 525. The lowest BCUT2D eigenvalue weighted by molar-refractivity contribution is 0.320. The fraction of sp³-hybridized carbons (Fsp3) is 0.357. The van der Waals surface area contributed by atoms with Crippen LogP contribution in [0.3, 0.4) is 0 Å². The molecule has 0 saturated heterocycles. The second kappa shape index (κ2) is 5.37. The van der Waals surface area contributed by atoms with E-state index in [1.807, 2.05) is 18.2 Å². The van der Waals surface area contributed by atoms with Crippen LogP contribution in [-0.2, 0) is 6.42 Å². The van der Waals surface area contributed by atoms with E-state index >= 15 is 0 Å². The summed E-state index contributed by atoms with van der Waals surface area (Å²) in [5.74, 6) is 0.814. The molecule has 2 rings (SSSR count). The zero-order valence-electron chi connectivity index (χ0n) is 10.2. The van der Waals surface area contributed by atoms with E-state index in [-0.39, 0.29) is 0 Å². The maximum atomic E-state index is 6.14. The van der Waals surface area contributed by atoms with E-state index in [9.17, 15) is 0 Å². The molecule has 1 aromatic carbocycles. The predicted molar refractivity (Wildman–Crippen MR) is 71.9 cm³/mol. The van der Waals surface area contributed by atoms with Gasteiger partial charge in [-0.15, -0.1) is 0 Å². The number of aromatic nitrogens is 1. The minimum atomic E-state index is 0.576. The summed E-state index contributed by atoms with van der Waals surface area (Å²) in [7, 11) is 0. The van der Waals surface area contributed by atoms with Gasteiger partial charge in [-0.3, -0.25) is 0 Å². The summed E-state index contributed by atoms with van der Waals surface area (Å²) in [6.45, 7) is 4.86. The Morgan fingerprint density at radius 1 is 1.29 bits per heavy atom. The molecule has 0 saturated carbocycles. The smallest absolute Gasteiger partial charge is 0.145 e. The van der Waals surface area contributed by atoms with E-state index in [1.165, 1.54) is 0 Å². The normalized spacial score (nSPS) is 10.8. The van der Waals surface area contributed by atoms with Crippen LogP contribution in [0.4, 0.5) is 0 Å². The van der Waals surface area contributed by atoms with Crippen LogP contribution in [0.2, 0.25) is 5.15 Å². The van der Waals surface area contributed by atoms with Crippen molar-refractivity contribution in [1.29, 1.82) is 0 Å². The minimum Gasteiger partial charge on any atom is -0.491 e. The van der Waals surface area contributed by atoms with Gasteiger partial charge in [0.15, 0.2) is 0 Å². The van der Waals surface area contributed by atoms with Gasteiger partial charge in [-0.05, 0) is 30.5 Å². The van der Waals surface area contributed by atoms with Crippen LogP contribution in [0, 0.1) is 0 Å². The lowest BCUT2D eigenvalue weighted by Crippen LogP contribution is -1.97. The summed E-state index contributed by atoms with van der Waals surface area (Å²) in [5, 5.41) is 1.66. The quantitative estimate of drug-likeness (QED) is 0.756. The summed E-state index contributed by atoms with van der Waals surface area (Å²) >= 11 is 6.14. The number of halogens is 1. The van der Waals surface area contributed by atoms with Gasteiger partial charge in [0.05, 0.1) is 6.61 Å². The molecule has 1 aromatic heterocycles. The van der Waals surface area contributed by atoms with Crippen molar-refractivity contribution >= 4 is 22.5 Å². The molecule has 0 bridgehead atoms. The first-order valence-electron chi connectivity index (χ1n) is 5.97. The maximum Gasteiger partial charge on any atom is 0.145 e. The third-order valence-electron chi connectivity index (χ3n) is 2.68. The van der Waals surface area contributed by atoms with Gasteiger partial charge in [-0.25, -0.2) is 4.98 Å². The van der Waals surface area contributed by atoms with Gasteiger partial charge < -0.3 is 4.74 Å². The van der Waals surface area contributed by atoms with E-state index in [0.29, 0.717) is 11.8 Å². The first-order valence-corrected chi connectivity index (χ1v) is 6.35. The number of pyridine rings is 1. The van der Waals surface area contributed by atoms with Crippen molar-refractivity contribution in [2.75, 3.05) is 6.61 Å². The molecule has 17 heavy (non-hydrogen) atoms. The fourth-order valence-electron chi connectivity index (χ4n) is 1.77. The predicted octanol–water partition coefficient (Wildman–Crippen LogP) is 4.24. The average molecular weight is 250 g/mol. The molecule has 0 aliphatic rings. The lowest BCUT2D eigenvalue weighted by atomic mass is 10.1. The first-order chi connectivity index (χ1) is 8.26. The van der Waals surface area contributed by atoms with Gasteiger partial charge in [-0.1, -0.05) is 37.6 Å². The molecule has 0 aliphatic carbocycles. The van der Waals surface area contributed by atoms with Crippen LogP contribution in [0.5, 0.6) is 5.75 Å². The molecule has 1 heterocycles. The Hall–Kier alpha value is -1.28. The number of fused-ring (bicyclic) bond motifs is 1. The molecular formula is C14H16ClNO. The topological polar surface area (TPSA) is 22.1 Å². The van der Waals surface area contributed by atoms with E-state index in [4.69, 9.17) is 16.3 Å². The van der Waals surface area contributed by atoms with Gasteiger partial charge in [-0.2, -0.15) is 0 Å². The largest absolute Gasteiger partial charge is 0.491 e. The molecule has 0 unspecified atom stereocenters. The molecule has 2 nitrogen and oxygen atoms in total. The number of para-hydroxylation sites is 1. The van der Waals surface area contributed by atoms with Crippen molar-refractivity contribution in [1.82, 2.24) is 4.98 Å². The van der Waals surface area contributed by atoms with E-state index < -0.39 is 0 Å². The van der Waals surface area contributed by atoms with Crippen molar-refractivity contribution in [2.45, 2.75) is 26.7 Å². The highest BCUT2D eigenvalue weighted by Gasteiger charge is 2.07. The van der Waals surface area contributed by atoms with Crippen molar-refractivity contribution in [3.8, 4) is 5.75 Å². The summed E-state index contributed by atoms with van der Waals surface area (Å²) in [5.41, 5.74) is 1.93. The highest BCUT2D eigenvalue weighted by Crippen LogP contribution is 2.28. The lowest BCUT2D eigenvalue weighted by Gasteiger charge is -2.09. The van der Waals surface area contributed by atoms with E-state index in [1.54, 1.807) is 0 Å². The van der Waals surface area contributed by atoms with E-state index in [2.05, 4.69) is 24.9 Å². The van der Waals surface area contributed by atoms with Gasteiger partial charge >= 0.3 is 0 Å². The van der Waals surface area contributed by atoms with Crippen molar-refractivity contribution in [2.24, 2.45) is 0 Å². The molecule has 90 valence electrons. The summed E-state index contributed by atoms with van der Waals surface area (Å²) < 4.78 is 5.68. The first kappa shape index (κ1) is 12.2. The molecule has 0 spiro atoms.